The van der Waals surface area contributed by atoms with Crippen LogP contribution < -0.4 is 0 Å². The predicted octanol–water partition coefficient (Wildman–Crippen LogP) is 2.72. The second-order valence-corrected chi connectivity index (χ2v) is 3.62. The highest BCUT2D eigenvalue weighted by molar-refractivity contribution is 5.05. The molecule has 0 N–H and O–H groups in total. The molecule has 0 atom stereocenters. The molecule has 0 fully saturated rings. The lowest BCUT2D eigenvalue weighted by atomic mass is 9.99. The van der Waals surface area contributed by atoms with Crippen molar-refractivity contribution >= 4 is 0 Å². The Balaban J connectivity index is 6.27. The van der Waals surface area contributed by atoms with Crippen molar-refractivity contribution in [2.45, 2.75) is 29.8 Å². The molecular formula is C9H12F8O4. The Morgan fingerprint density at radius 3 is 1.05 bits per heavy atom. The summed E-state index contributed by atoms with van der Waals surface area (Å²) >= 11 is 0. The summed E-state index contributed by atoms with van der Waals surface area (Å²) in [5.74, 6) is -17.5. The lowest BCUT2D eigenvalue weighted by Crippen LogP contribution is -2.73. The first-order valence-corrected chi connectivity index (χ1v) is 4.96. The molecule has 12 heteroatoms. The Bertz CT molecular complexity index is 356. The number of halogens is 8. The number of hydrogen-bond acceptors (Lipinski definition) is 4. The molecular weight excluding hydrogens is 324 g/mol. The van der Waals surface area contributed by atoms with E-state index in [1.54, 1.807) is 0 Å². The van der Waals surface area contributed by atoms with Crippen molar-refractivity contribution in [3.63, 3.8) is 0 Å². The van der Waals surface area contributed by atoms with E-state index >= 15 is 0 Å². The van der Waals surface area contributed by atoms with Crippen LogP contribution in [0.3, 0.4) is 0 Å². The van der Waals surface area contributed by atoms with Gasteiger partial charge in [0, 0.05) is 28.4 Å². The monoisotopic (exact) mass is 336 g/mol. The smallest absolute Gasteiger partial charge is 0.341 e. The highest BCUT2D eigenvalue weighted by Crippen LogP contribution is 2.56. The highest BCUT2D eigenvalue weighted by atomic mass is 19.4. The van der Waals surface area contributed by atoms with E-state index in [0.29, 0.717) is 0 Å². The van der Waals surface area contributed by atoms with Crippen LogP contribution in [0.1, 0.15) is 0 Å². The van der Waals surface area contributed by atoms with Crippen LogP contribution in [-0.2, 0) is 18.9 Å². The quantitative estimate of drug-likeness (QED) is 0.505. The van der Waals surface area contributed by atoms with Crippen molar-refractivity contribution in [2.24, 2.45) is 0 Å². The summed E-state index contributed by atoms with van der Waals surface area (Å²) < 4.78 is 120. The van der Waals surface area contributed by atoms with E-state index in [4.69, 9.17) is 0 Å². The number of alkyl halides is 8. The Morgan fingerprint density at radius 1 is 0.476 bits per heavy atom. The third kappa shape index (κ3) is 2.58. The molecule has 0 saturated carbocycles. The molecule has 4 nitrogen and oxygen atoms in total. The zero-order valence-corrected chi connectivity index (χ0v) is 11.2. The van der Waals surface area contributed by atoms with Crippen LogP contribution in [0.5, 0.6) is 0 Å². The summed E-state index contributed by atoms with van der Waals surface area (Å²) in [6.45, 7) is 0. The molecule has 0 unspecified atom stereocenters. The molecule has 0 aromatic carbocycles. The van der Waals surface area contributed by atoms with Crippen molar-refractivity contribution < 1.29 is 54.1 Å². The summed E-state index contributed by atoms with van der Waals surface area (Å²) in [6, 6.07) is 0. The zero-order chi connectivity index (χ0) is 17.3. The van der Waals surface area contributed by atoms with Gasteiger partial charge < -0.3 is 18.9 Å². The van der Waals surface area contributed by atoms with Gasteiger partial charge in [-0.05, 0) is 0 Å². The van der Waals surface area contributed by atoms with Crippen LogP contribution in [0.25, 0.3) is 0 Å². The van der Waals surface area contributed by atoms with Gasteiger partial charge >= 0.3 is 29.8 Å². The maximum Gasteiger partial charge on any atom is 0.425 e. The minimum Gasteiger partial charge on any atom is -0.341 e. The van der Waals surface area contributed by atoms with E-state index < -0.39 is 29.8 Å². The molecule has 0 amide bonds. The van der Waals surface area contributed by atoms with Gasteiger partial charge in [-0.1, -0.05) is 0 Å². The fourth-order valence-electron chi connectivity index (χ4n) is 1.41. The molecule has 128 valence electrons. The average Bonchev–Trinajstić information content (AvgIpc) is 2.39. The molecule has 0 spiro atoms. The van der Waals surface area contributed by atoms with E-state index in [9.17, 15) is 35.1 Å². The van der Waals surface area contributed by atoms with Gasteiger partial charge in [0.2, 0.25) is 0 Å². The molecule has 0 aliphatic carbocycles. The Hall–Kier alpha value is -0.720. The van der Waals surface area contributed by atoms with Crippen molar-refractivity contribution in [1.29, 1.82) is 0 Å². The van der Waals surface area contributed by atoms with Crippen LogP contribution in [-0.4, -0.2) is 58.3 Å². The van der Waals surface area contributed by atoms with Crippen LogP contribution >= 0.6 is 0 Å². The molecule has 21 heavy (non-hydrogen) atoms. The Morgan fingerprint density at radius 2 is 0.810 bits per heavy atom. The fourth-order valence-corrected chi connectivity index (χ4v) is 1.41. The molecule has 0 radical (unpaired) electrons. The van der Waals surface area contributed by atoms with Crippen molar-refractivity contribution in [3.05, 3.63) is 0 Å². The summed E-state index contributed by atoms with van der Waals surface area (Å²) in [5, 5.41) is 0. The third-order valence-electron chi connectivity index (χ3n) is 2.64. The highest BCUT2D eigenvalue weighted by Gasteiger charge is 2.86. The Labute approximate surface area is 113 Å². The van der Waals surface area contributed by atoms with Gasteiger partial charge in [-0.15, -0.1) is 0 Å². The van der Waals surface area contributed by atoms with Gasteiger partial charge in [0.25, 0.3) is 0 Å². The molecule has 0 saturated heterocycles. The average molecular weight is 336 g/mol. The van der Waals surface area contributed by atoms with E-state index in [2.05, 4.69) is 18.9 Å². The molecule has 0 rings (SSSR count). The van der Waals surface area contributed by atoms with Gasteiger partial charge in [-0.2, -0.15) is 35.1 Å². The largest absolute Gasteiger partial charge is 0.425 e. The topological polar surface area (TPSA) is 36.9 Å². The summed E-state index contributed by atoms with van der Waals surface area (Å²) in [7, 11) is 0.409. The van der Waals surface area contributed by atoms with Gasteiger partial charge in [-0.25, -0.2) is 0 Å². The molecule has 0 aliphatic heterocycles. The van der Waals surface area contributed by atoms with Crippen LogP contribution in [0.2, 0.25) is 0 Å². The van der Waals surface area contributed by atoms with E-state index in [0.717, 1.165) is 0 Å². The van der Waals surface area contributed by atoms with E-state index in [1.807, 2.05) is 0 Å². The van der Waals surface area contributed by atoms with Gasteiger partial charge in [0.1, 0.15) is 0 Å². The minimum atomic E-state index is -6.41. The molecule has 0 bridgehead atoms. The normalized spacial score (nSPS) is 15.4. The van der Waals surface area contributed by atoms with Gasteiger partial charge in [0.15, 0.2) is 0 Å². The summed E-state index contributed by atoms with van der Waals surface area (Å²) in [4.78, 5) is 0. The van der Waals surface area contributed by atoms with Gasteiger partial charge in [-0.3, -0.25) is 0 Å². The summed E-state index contributed by atoms with van der Waals surface area (Å²) in [6.07, 6.45) is -11.0. The van der Waals surface area contributed by atoms with Crippen molar-refractivity contribution in [3.8, 4) is 0 Å². The molecule has 0 heterocycles. The van der Waals surface area contributed by atoms with Gasteiger partial charge in [0.05, 0.1) is 0 Å². The number of ether oxygens (including phenoxy) is 4. The number of rotatable bonds is 8. The third-order valence-corrected chi connectivity index (χ3v) is 2.64. The lowest BCUT2D eigenvalue weighted by molar-refractivity contribution is -0.506. The van der Waals surface area contributed by atoms with Crippen LogP contribution in [0.15, 0.2) is 0 Å². The maximum atomic E-state index is 13.8. The standard InChI is InChI=1S/C9H12F8O4/c1-18-7(19-2,9(16,17)21-4)5(10,11)6(12,13)8(14,15)20-3/h1-4H3. The fraction of sp³-hybridized carbons (Fsp3) is 1.00. The minimum absolute atomic E-state index is 0.0141. The zero-order valence-electron chi connectivity index (χ0n) is 11.2. The first-order valence-electron chi connectivity index (χ1n) is 4.96. The first kappa shape index (κ1) is 20.3. The number of hydrogen-bond donors (Lipinski definition) is 0. The van der Waals surface area contributed by atoms with Crippen molar-refractivity contribution in [1.82, 2.24) is 0 Å². The number of methoxy groups -OCH3 is 4. The Kier molecular flexibility index (Phi) is 5.62. The molecule has 0 aromatic heterocycles. The maximum absolute atomic E-state index is 13.8. The van der Waals surface area contributed by atoms with Crippen LogP contribution in [0.4, 0.5) is 35.1 Å². The summed E-state index contributed by atoms with van der Waals surface area (Å²) in [5.41, 5.74) is 0. The second kappa shape index (κ2) is 5.82. The van der Waals surface area contributed by atoms with E-state index in [-0.39, 0.29) is 28.4 Å². The predicted molar refractivity (Wildman–Crippen MR) is 50.6 cm³/mol. The molecule has 0 aliphatic rings. The second-order valence-electron chi connectivity index (χ2n) is 3.62. The van der Waals surface area contributed by atoms with Crippen LogP contribution in [0, 0.1) is 0 Å². The van der Waals surface area contributed by atoms with E-state index in [1.165, 1.54) is 0 Å². The van der Waals surface area contributed by atoms with Crippen molar-refractivity contribution in [2.75, 3.05) is 28.4 Å². The molecule has 0 aromatic rings. The lowest BCUT2D eigenvalue weighted by Gasteiger charge is -2.44. The first-order chi connectivity index (χ1) is 9.24. The SMILES string of the molecule is COC(F)(F)C(F)(F)C(F)(F)C(OC)(OC)C(F)(F)OC.